The molecule has 0 radical (unpaired) electrons. The Balaban J connectivity index is 2.13. The highest BCUT2D eigenvalue weighted by atomic mass is 32.2. The van der Waals surface area contributed by atoms with Crippen molar-refractivity contribution < 1.29 is 4.52 Å². The van der Waals surface area contributed by atoms with Crippen molar-refractivity contribution in [3.8, 4) is 0 Å². The summed E-state index contributed by atoms with van der Waals surface area (Å²) in [5.41, 5.74) is 1.51. The van der Waals surface area contributed by atoms with Crippen LogP contribution in [0, 0.1) is 0 Å². The molecule has 0 saturated carbocycles. The Kier molecular flexibility index (Phi) is 3.69. The van der Waals surface area contributed by atoms with Crippen LogP contribution in [0.4, 0.5) is 0 Å². The third kappa shape index (κ3) is 2.41. The molecule has 0 atom stereocenters. The number of benzene rings is 1. The fourth-order valence-electron chi connectivity index (χ4n) is 1.99. The summed E-state index contributed by atoms with van der Waals surface area (Å²) in [5, 5.41) is 5.97. The summed E-state index contributed by atoms with van der Waals surface area (Å²) in [7, 11) is 0. The van der Waals surface area contributed by atoms with E-state index in [1.54, 1.807) is 11.8 Å². The van der Waals surface area contributed by atoms with Crippen molar-refractivity contribution >= 4 is 22.9 Å². The van der Waals surface area contributed by atoms with Gasteiger partial charge in [0.1, 0.15) is 10.9 Å². The van der Waals surface area contributed by atoms with Crippen LogP contribution in [0.25, 0.3) is 11.1 Å². The third-order valence-corrected chi connectivity index (χ3v) is 4.03. The van der Waals surface area contributed by atoms with E-state index in [1.165, 1.54) is 0 Å². The SMILES string of the molecule is CCc1nc(Sc2ccccc2)c2c(CC)noc2n1. The summed E-state index contributed by atoms with van der Waals surface area (Å²) >= 11 is 1.63. The van der Waals surface area contributed by atoms with Crippen LogP contribution in [0.2, 0.25) is 0 Å². The van der Waals surface area contributed by atoms with Gasteiger partial charge in [0.15, 0.2) is 0 Å². The smallest absolute Gasteiger partial charge is 0.262 e. The highest BCUT2D eigenvalue weighted by molar-refractivity contribution is 7.99. The maximum absolute atomic E-state index is 5.35. The fraction of sp³-hybridized carbons (Fsp3) is 0.267. The van der Waals surface area contributed by atoms with Crippen LogP contribution in [0.3, 0.4) is 0 Å². The summed E-state index contributed by atoms with van der Waals surface area (Å²) in [6.45, 7) is 4.09. The van der Waals surface area contributed by atoms with E-state index in [4.69, 9.17) is 4.52 Å². The second-order valence-electron chi connectivity index (χ2n) is 4.38. The first-order chi connectivity index (χ1) is 9.81. The van der Waals surface area contributed by atoms with Gasteiger partial charge in [0.05, 0.1) is 11.1 Å². The number of nitrogens with zero attached hydrogens (tertiary/aromatic N) is 3. The van der Waals surface area contributed by atoms with E-state index in [1.807, 2.05) is 25.1 Å². The molecule has 20 heavy (non-hydrogen) atoms. The summed E-state index contributed by atoms with van der Waals surface area (Å²) in [5.74, 6) is 0.787. The lowest BCUT2D eigenvalue weighted by molar-refractivity contribution is 0.438. The van der Waals surface area contributed by atoms with Crippen molar-refractivity contribution in [3.05, 3.63) is 41.9 Å². The molecule has 0 N–H and O–H groups in total. The van der Waals surface area contributed by atoms with Gasteiger partial charge in [-0.1, -0.05) is 49.0 Å². The van der Waals surface area contributed by atoms with E-state index < -0.39 is 0 Å². The Bertz CT molecular complexity index is 725. The van der Waals surface area contributed by atoms with Gasteiger partial charge >= 0.3 is 0 Å². The minimum atomic E-state index is 0.590. The number of aryl methyl sites for hydroxylation is 2. The standard InChI is InChI=1S/C15H15N3OS/c1-3-11-13-14(19-18-11)16-12(4-2)17-15(13)20-10-8-6-5-7-9-10/h5-9H,3-4H2,1-2H3. The van der Waals surface area contributed by atoms with E-state index >= 15 is 0 Å². The minimum absolute atomic E-state index is 0.590. The van der Waals surface area contributed by atoms with E-state index in [0.29, 0.717) is 5.71 Å². The lowest BCUT2D eigenvalue weighted by atomic mass is 10.2. The van der Waals surface area contributed by atoms with Crippen LogP contribution in [0.15, 0.2) is 44.8 Å². The van der Waals surface area contributed by atoms with Gasteiger partial charge in [0.2, 0.25) is 0 Å². The van der Waals surface area contributed by atoms with Crippen molar-refractivity contribution in [2.24, 2.45) is 0 Å². The normalized spacial score (nSPS) is 11.1. The number of aromatic nitrogens is 3. The van der Waals surface area contributed by atoms with Crippen LogP contribution < -0.4 is 0 Å². The number of rotatable bonds is 4. The molecule has 1 aromatic carbocycles. The zero-order valence-corrected chi connectivity index (χ0v) is 12.3. The highest BCUT2D eigenvalue weighted by Gasteiger charge is 2.16. The molecule has 3 rings (SSSR count). The lowest BCUT2D eigenvalue weighted by Crippen LogP contribution is -1.96. The van der Waals surface area contributed by atoms with Crippen LogP contribution in [-0.2, 0) is 12.8 Å². The molecular formula is C15H15N3OS. The van der Waals surface area contributed by atoms with Gasteiger partial charge in [-0.3, -0.25) is 0 Å². The predicted octanol–water partition coefficient (Wildman–Crippen LogP) is 3.89. The van der Waals surface area contributed by atoms with Gasteiger partial charge in [0.25, 0.3) is 5.71 Å². The Morgan fingerprint density at radius 1 is 1.05 bits per heavy atom. The molecule has 2 aromatic heterocycles. The Morgan fingerprint density at radius 3 is 2.55 bits per heavy atom. The van der Waals surface area contributed by atoms with Gasteiger partial charge in [-0.05, 0) is 18.6 Å². The largest absolute Gasteiger partial charge is 0.335 e. The van der Waals surface area contributed by atoms with Crippen molar-refractivity contribution in [2.45, 2.75) is 36.6 Å². The Hall–Kier alpha value is -1.88. The van der Waals surface area contributed by atoms with Crippen LogP contribution in [0.5, 0.6) is 0 Å². The van der Waals surface area contributed by atoms with E-state index in [2.05, 4.69) is 34.2 Å². The molecule has 3 aromatic rings. The summed E-state index contributed by atoms with van der Waals surface area (Å²) in [6, 6.07) is 10.2. The first-order valence-electron chi connectivity index (χ1n) is 6.69. The van der Waals surface area contributed by atoms with Crippen molar-refractivity contribution in [3.63, 3.8) is 0 Å². The van der Waals surface area contributed by atoms with Crippen LogP contribution in [0.1, 0.15) is 25.4 Å². The molecular weight excluding hydrogens is 270 g/mol. The molecule has 0 aliphatic carbocycles. The summed E-state index contributed by atoms with van der Waals surface area (Å²) in [4.78, 5) is 10.2. The first-order valence-corrected chi connectivity index (χ1v) is 7.51. The van der Waals surface area contributed by atoms with Crippen molar-refractivity contribution in [1.29, 1.82) is 0 Å². The van der Waals surface area contributed by atoms with Gasteiger partial charge in [-0.15, -0.1) is 0 Å². The van der Waals surface area contributed by atoms with Crippen molar-refractivity contribution in [1.82, 2.24) is 15.1 Å². The maximum atomic E-state index is 5.35. The highest BCUT2D eigenvalue weighted by Crippen LogP contribution is 2.33. The molecule has 0 unspecified atom stereocenters. The molecule has 5 heteroatoms. The molecule has 0 aliphatic rings. The molecule has 102 valence electrons. The zero-order valence-electron chi connectivity index (χ0n) is 11.5. The monoisotopic (exact) mass is 285 g/mol. The molecule has 4 nitrogen and oxygen atoms in total. The van der Waals surface area contributed by atoms with Crippen molar-refractivity contribution in [2.75, 3.05) is 0 Å². The minimum Gasteiger partial charge on any atom is -0.335 e. The van der Waals surface area contributed by atoms with Gasteiger partial charge in [-0.2, -0.15) is 4.98 Å². The lowest BCUT2D eigenvalue weighted by Gasteiger charge is -2.04. The quantitative estimate of drug-likeness (QED) is 0.681. The molecule has 0 bridgehead atoms. The average molecular weight is 285 g/mol. The molecule has 2 heterocycles. The number of hydrogen-bond acceptors (Lipinski definition) is 5. The molecule has 0 spiro atoms. The van der Waals surface area contributed by atoms with E-state index in [-0.39, 0.29) is 0 Å². The van der Waals surface area contributed by atoms with Crippen LogP contribution >= 0.6 is 11.8 Å². The topological polar surface area (TPSA) is 51.8 Å². The zero-order chi connectivity index (χ0) is 13.9. The average Bonchev–Trinajstić information content (AvgIpc) is 2.91. The summed E-state index contributed by atoms with van der Waals surface area (Å²) < 4.78 is 5.35. The summed E-state index contributed by atoms with van der Waals surface area (Å²) in [6.07, 6.45) is 1.59. The third-order valence-electron chi connectivity index (χ3n) is 3.03. The van der Waals surface area contributed by atoms with E-state index in [9.17, 15) is 0 Å². The Morgan fingerprint density at radius 2 is 1.85 bits per heavy atom. The Labute approximate surface area is 121 Å². The number of fused-ring (bicyclic) bond motifs is 1. The van der Waals surface area contributed by atoms with Gasteiger partial charge in [0, 0.05) is 11.3 Å². The molecule has 0 fully saturated rings. The second kappa shape index (κ2) is 5.63. The predicted molar refractivity (Wildman–Crippen MR) is 78.9 cm³/mol. The van der Waals surface area contributed by atoms with Gasteiger partial charge < -0.3 is 4.52 Å². The second-order valence-corrected chi connectivity index (χ2v) is 5.44. The number of hydrogen-bond donors (Lipinski definition) is 0. The first kappa shape index (κ1) is 13.1. The maximum Gasteiger partial charge on any atom is 0.262 e. The molecule has 0 saturated heterocycles. The molecule has 0 aliphatic heterocycles. The van der Waals surface area contributed by atoms with Gasteiger partial charge in [-0.25, -0.2) is 4.98 Å². The van der Waals surface area contributed by atoms with E-state index in [0.717, 1.165) is 39.7 Å². The van der Waals surface area contributed by atoms with Crippen LogP contribution in [-0.4, -0.2) is 15.1 Å². The molecule has 0 amide bonds. The fourth-order valence-corrected chi connectivity index (χ4v) is 2.97.